The van der Waals surface area contributed by atoms with Gasteiger partial charge in [-0.3, -0.25) is 9.78 Å². The molecule has 0 spiro atoms. The molecule has 2 N–H and O–H groups in total. The van der Waals surface area contributed by atoms with Crippen LogP contribution in [0.2, 0.25) is 0 Å². The number of nitrogens with zero attached hydrogens (tertiary/aromatic N) is 1. The molecule has 0 radical (unpaired) electrons. The molecule has 1 atom stereocenters. The second kappa shape index (κ2) is 6.92. The van der Waals surface area contributed by atoms with E-state index in [2.05, 4.69) is 15.6 Å². The van der Waals surface area contributed by atoms with E-state index < -0.39 is 0 Å². The molecule has 1 amide bonds. The SMILES string of the molecule is CC1(C(=O)NCc2ccnc(-c3ccccc3)c2)CCCNC1. The Labute approximate surface area is 137 Å². The largest absolute Gasteiger partial charge is 0.352 e. The fourth-order valence-corrected chi connectivity index (χ4v) is 3.00. The van der Waals surface area contributed by atoms with Crippen LogP contribution in [-0.2, 0) is 11.3 Å². The van der Waals surface area contributed by atoms with Gasteiger partial charge in [-0.1, -0.05) is 30.3 Å². The molecule has 1 aromatic carbocycles. The molecule has 1 fully saturated rings. The maximum atomic E-state index is 12.5. The lowest BCUT2D eigenvalue weighted by Gasteiger charge is -2.32. The number of benzene rings is 1. The molecular weight excluding hydrogens is 286 g/mol. The Hall–Kier alpha value is -2.20. The lowest BCUT2D eigenvalue weighted by molar-refractivity contribution is -0.131. The summed E-state index contributed by atoms with van der Waals surface area (Å²) in [6.45, 7) is 4.34. The van der Waals surface area contributed by atoms with Gasteiger partial charge in [0.2, 0.25) is 5.91 Å². The van der Waals surface area contributed by atoms with Crippen molar-refractivity contribution in [3.63, 3.8) is 0 Å². The van der Waals surface area contributed by atoms with Crippen molar-refractivity contribution in [2.45, 2.75) is 26.3 Å². The highest BCUT2D eigenvalue weighted by Crippen LogP contribution is 2.25. The predicted octanol–water partition coefficient (Wildman–Crippen LogP) is 2.75. The zero-order valence-electron chi connectivity index (χ0n) is 13.5. The fraction of sp³-hybridized carbons (Fsp3) is 0.368. The first-order chi connectivity index (χ1) is 11.2. The summed E-state index contributed by atoms with van der Waals surface area (Å²) in [7, 11) is 0. The van der Waals surface area contributed by atoms with Crippen molar-refractivity contribution in [1.82, 2.24) is 15.6 Å². The summed E-state index contributed by atoms with van der Waals surface area (Å²) in [5.74, 6) is 0.128. The fourth-order valence-electron chi connectivity index (χ4n) is 3.00. The van der Waals surface area contributed by atoms with Crippen molar-refractivity contribution in [3.05, 3.63) is 54.2 Å². The first kappa shape index (κ1) is 15.7. The molecule has 4 heteroatoms. The van der Waals surface area contributed by atoms with E-state index in [4.69, 9.17) is 0 Å². The molecule has 4 nitrogen and oxygen atoms in total. The number of pyridine rings is 1. The standard InChI is InChI=1S/C19H23N3O/c1-19(9-5-10-20-14-19)18(23)22-13-15-8-11-21-17(12-15)16-6-3-2-4-7-16/h2-4,6-8,11-12,20H,5,9-10,13-14H2,1H3,(H,22,23). The van der Waals surface area contributed by atoms with Gasteiger partial charge in [0.05, 0.1) is 11.1 Å². The van der Waals surface area contributed by atoms with Crippen LogP contribution in [0.5, 0.6) is 0 Å². The molecule has 0 saturated carbocycles. The summed E-state index contributed by atoms with van der Waals surface area (Å²) in [4.78, 5) is 16.9. The van der Waals surface area contributed by atoms with E-state index in [9.17, 15) is 4.79 Å². The second-order valence-corrected chi connectivity index (χ2v) is 6.44. The second-order valence-electron chi connectivity index (χ2n) is 6.44. The topological polar surface area (TPSA) is 54.0 Å². The van der Waals surface area contributed by atoms with E-state index in [1.807, 2.05) is 49.4 Å². The summed E-state index contributed by atoms with van der Waals surface area (Å²) in [6, 6.07) is 14.1. The van der Waals surface area contributed by atoms with Crippen molar-refractivity contribution in [3.8, 4) is 11.3 Å². The average Bonchev–Trinajstić information content (AvgIpc) is 2.61. The maximum Gasteiger partial charge on any atom is 0.227 e. The maximum absolute atomic E-state index is 12.5. The molecule has 2 heterocycles. The van der Waals surface area contributed by atoms with Crippen molar-refractivity contribution in [2.24, 2.45) is 5.41 Å². The highest BCUT2D eigenvalue weighted by atomic mass is 16.2. The van der Waals surface area contributed by atoms with Gasteiger partial charge in [0, 0.05) is 24.8 Å². The van der Waals surface area contributed by atoms with Crippen molar-refractivity contribution < 1.29 is 4.79 Å². The molecule has 2 aromatic rings. The van der Waals surface area contributed by atoms with Crippen LogP contribution in [-0.4, -0.2) is 24.0 Å². The molecule has 1 saturated heterocycles. The van der Waals surface area contributed by atoms with Gasteiger partial charge in [-0.25, -0.2) is 0 Å². The van der Waals surface area contributed by atoms with E-state index in [1.54, 1.807) is 6.20 Å². The number of amides is 1. The van der Waals surface area contributed by atoms with E-state index in [0.717, 1.165) is 42.8 Å². The number of hydrogen-bond donors (Lipinski definition) is 2. The Balaban J connectivity index is 1.66. The van der Waals surface area contributed by atoms with Gasteiger partial charge in [0.1, 0.15) is 0 Å². The Morgan fingerprint density at radius 1 is 1.30 bits per heavy atom. The minimum Gasteiger partial charge on any atom is -0.352 e. The third kappa shape index (κ3) is 3.77. The van der Waals surface area contributed by atoms with Crippen LogP contribution in [0.25, 0.3) is 11.3 Å². The molecule has 0 bridgehead atoms. The Bertz CT molecular complexity index is 663. The molecule has 23 heavy (non-hydrogen) atoms. The van der Waals surface area contributed by atoms with Gasteiger partial charge >= 0.3 is 0 Å². The van der Waals surface area contributed by atoms with Crippen LogP contribution in [0.3, 0.4) is 0 Å². The van der Waals surface area contributed by atoms with Gasteiger partial charge < -0.3 is 10.6 Å². The molecule has 0 aliphatic carbocycles. The van der Waals surface area contributed by atoms with E-state index >= 15 is 0 Å². The van der Waals surface area contributed by atoms with Crippen LogP contribution in [0.1, 0.15) is 25.3 Å². The molecule has 1 aliphatic rings. The third-order valence-electron chi connectivity index (χ3n) is 4.49. The highest BCUT2D eigenvalue weighted by Gasteiger charge is 2.34. The van der Waals surface area contributed by atoms with Crippen LogP contribution in [0.4, 0.5) is 0 Å². The van der Waals surface area contributed by atoms with Crippen LogP contribution < -0.4 is 10.6 Å². The molecule has 120 valence electrons. The van der Waals surface area contributed by atoms with Gasteiger partial charge in [-0.15, -0.1) is 0 Å². The van der Waals surface area contributed by atoms with E-state index in [0.29, 0.717) is 6.54 Å². The van der Waals surface area contributed by atoms with E-state index in [-0.39, 0.29) is 11.3 Å². The van der Waals surface area contributed by atoms with Crippen molar-refractivity contribution in [2.75, 3.05) is 13.1 Å². The first-order valence-corrected chi connectivity index (χ1v) is 8.17. The molecule has 1 aliphatic heterocycles. The summed E-state index contributed by atoms with van der Waals surface area (Å²) < 4.78 is 0. The number of carbonyl (C=O) groups excluding carboxylic acids is 1. The summed E-state index contributed by atoms with van der Waals surface area (Å²) in [5, 5.41) is 6.40. The zero-order chi connectivity index (χ0) is 16.1. The normalized spacial score (nSPS) is 20.9. The summed E-state index contributed by atoms with van der Waals surface area (Å²) in [6.07, 6.45) is 3.79. The lowest BCUT2D eigenvalue weighted by Crippen LogP contribution is -2.48. The lowest BCUT2D eigenvalue weighted by atomic mass is 9.82. The van der Waals surface area contributed by atoms with Crippen LogP contribution in [0, 0.1) is 5.41 Å². The Morgan fingerprint density at radius 3 is 2.87 bits per heavy atom. The van der Waals surface area contributed by atoms with Crippen molar-refractivity contribution in [1.29, 1.82) is 0 Å². The smallest absolute Gasteiger partial charge is 0.227 e. The quantitative estimate of drug-likeness (QED) is 0.913. The number of hydrogen-bond acceptors (Lipinski definition) is 3. The Kier molecular flexibility index (Phi) is 4.72. The number of aromatic nitrogens is 1. The molecular formula is C19H23N3O. The molecule has 1 unspecified atom stereocenters. The van der Waals surface area contributed by atoms with Gasteiger partial charge in [0.25, 0.3) is 0 Å². The first-order valence-electron chi connectivity index (χ1n) is 8.17. The third-order valence-corrected chi connectivity index (χ3v) is 4.49. The van der Waals surface area contributed by atoms with Gasteiger partial charge in [0.15, 0.2) is 0 Å². The monoisotopic (exact) mass is 309 g/mol. The number of piperidine rings is 1. The summed E-state index contributed by atoms with van der Waals surface area (Å²) >= 11 is 0. The summed E-state index contributed by atoms with van der Waals surface area (Å²) in [5.41, 5.74) is 2.79. The number of nitrogens with one attached hydrogen (secondary N) is 2. The highest BCUT2D eigenvalue weighted by molar-refractivity contribution is 5.82. The minimum atomic E-state index is -0.298. The molecule has 1 aromatic heterocycles. The number of rotatable bonds is 4. The van der Waals surface area contributed by atoms with Crippen LogP contribution in [0.15, 0.2) is 48.7 Å². The minimum absolute atomic E-state index is 0.128. The molecule has 3 rings (SSSR count). The van der Waals surface area contributed by atoms with Crippen LogP contribution >= 0.6 is 0 Å². The van der Waals surface area contributed by atoms with Gasteiger partial charge in [-0.2, -0.15) is 0 Å². The predicted molar refractivity (Wildman–Crippen MR) is 91.7 cm³/mol. The van der Waals surface area contributed by atoms with Gasteiger partial charge in [-0.05, 0) is 44.0 Å². The van der Waals surface area contributed by atoms with E-state index in [1.165, 1.54) is 0 Å². The zero-order valence-corrected chi connectivity index (χ0v) is 13.5. The Morgan fingerprint density at radius 2 is 2.13 bits per heavy atom. The number of carbonyl (C=O) groups is 1. The van der Waals surface area contributed by atoms with Crippen molar-refractivity contribution >= 4 is 5.91 Å². The average molecular weight is 309 g/mol.